The molecule has 0 saturated heterocycles. The molecule has 8 nitrogen and oxygen atoms in total. The molecule has 0 fully saturated rings. The van der Waals surface area contributed by atoms with E-state index >= 15 is 0 Å². The van der Waals surface area contributed by atoms with E-state index in [1.54, 1.807) is 6.07 Å². The number of carbonyl (C=O) groups is 1. The zero-order chi connectivity index (χ0) is 16.1. The first-order valence-electron chi connectivity index (χ1n) is 7.33. The van der Waals surface area contributed by atoms with Crippen LogP contribution in [0.2, 0.25) is 0 Å². The smallest absolute Gasteiger partial charge is 0.273 e. The topological polar surface area (TPSA) is 110 Å². The van der Waals surface area contributed by atoms with Crippen LogP contribution >= 0.6 is 0 Å². The van der Waals surface area contributed by atoms with Gasteiger partial charge in [0.1, 0.15) is 5.76 Å². The summed E-state index contributed by atoms with van der Waals surface area (Å²) in [5, 5.41) is 20.4. The van der Waals surface area contributed by atoms with E-state index in [4.69, 9.17) is 4.52 Å². The molecule has 0 unspecified atom stereocenters. The van der Waals surface area contributed by atoms with E-state index in [-0.39, 0.29) is 5.91 Å². The van der Waals surface area contributed by atoms with Gasteiger partial charge in [-0.2, -0.15) is 5.21 Å². The van der Waals surface area contributed by atoms with Crippen LogP contribution in [0.25, 0.3) is 11.4 Å². The summed E-state index contributed by atoms with van der Waals surface area (Å²) in [5.41, 5.74) is 2.05. The van der Waals surface area contributed by atoms with Gasteiger partial charge < -0.3 is 9.84 Å². The maximum Gasteiger partial charge on any atom is 0.273 e. The number of nitrogens with one attached hydrogen (secondary N) is 2. The minimum absolute atomic E-state index is 0.263. The van der Waals surface area contributed by atoms with Crippen LogP contribution < -0.4 is 5.32 Å². The van der Waals surface area contributed by atoms with E-state index in [1.807, 2.05) is 31.2 Å². The van der Waals surface area contributed by atoms with Gasteiger partial charge in [0.15, 0.2) is 5.69 Å². The molecule has 0 bridgehead atoms. The molecule has 1 aromatic carbocycles. The van der Waals surface area contributed by atoms with Crippen molar-refractivity contribution in [3.05, 3.63) is 47.3 Å². The van der Waals surface area contributed by atoms with Crippen molar-refractivity contribution in [1.29, 1.82) is 0 Å². The number of benzene rings is 1. The van der Waals surface area contributed by atoms with Crippen molar-refractivity contribution in [1.82, 2.24) is 31.1 Å². The van der Waals surface area contributed by atoms with Gasteiger partial charge in [-0.1, -0.05) is 30.3 Å². The average Bonchev–Trinajstić information content (AvgIpc) is 3.25. The van der Waals surface area contributed by atoms with Crippen molar-refractivity contribution in [2.45, 2.75) is 26.3 Å². The SMILES string of the molecule is CCCc1cc(C(=O)NCc2cccc(-c3nn[nH]n3)c2)no1. The van der Waals surface area contributed by atoms with Crippen LogP contribution in [0, 0.1) is 0 Å². The normalized spacial score (nSPS) is 10.7. The third-order valence-corrected chi connectivity index (χ3v) is 3.27. The predicted octanol–water partition coefficient (Wildman–Crippen LogP) is 1.74. The number of aromatic amines is 1. The van der Waals surface area contributed by atoms with E-state index < -0.39 is 0 Å². The molecule has 0 saturated carbocycles. The van der Waals surface area contributed by atoms with Crippen molar-refractivity contribution in [3.63, 3.8) is 0 Å². The lowest BCUT2D eigenvalue weighted by molar-refractivity contribution is 0.0941. The summed E-state index contributed by atoms with van der Waals surface area (Å²) in [7, 11) is 0. The summed E-state index contributed by atoms with van der Waals surface area (Å²) in [6, 6.07) is 9.24. The molecule has 2 heterocycles. The molecule has 3 aromatic rings. The fourth-order valence-electron chi connectivity index (χ4n) is 2.16. The Bertz CT molecular complexity index is 781. The Morgan fingerprint density at radius 3 is 3.04 bits per heavy atom. The molecule has 0 spiro atoms. The molecule has 23 heavy (non-hydrogen) atoms. The number of aromatic nitrogens is 5. The summed E-state index contributed by atoms with van der Waals surface area (Å²) in [6.45, 7) is 2.42. The molecule has 0 radical (unpaired) electrons. The summed E-state index contributed by atoms with van der Waals surface area (Å²) < 4.78 is 5.11. The maximum atomic E-state index is 12.1. The van der Waals surface area contributed by atoms with Gasteiger partial charge in [-0.15, -0.1) is 10.2 Å². The van der Waals surface area contributed by atoms with Gasteiger partial charge in [0.2, 0.25) is 5.82 Å². The van der Waals surface area contributed by atoms with Crippen LogP contribution in [-0.4, -0.2) is 31.7 Å². The first-order chi connectivity index (χ1) is 11.3. The van der Waals surface area contributed by atoms with Crippen LogP contribution in [-0.2, 0) is 13.0 Å². The summed E-state index contributed by atoms with van der Waals surface area (Å²) in [6.07, 6.45) is 1.71. The van der Waals surface area contributed by atoms with Gasteiger partial charge in [-0.3, -0.25) is 4.79 Å². The summed E-state index contributed by atoms with van der Waals surface area (Å²) in [4.78, 5) is 12.1. The third-order valence-electron chi connectivity index (χ3n) is 3.27. The summed E-state index contributed by atoms with van der Waals surface area (Å²) in [5.74, 6) is 0.969. The lowest BCUT2D eigenvalue weighted by Gasteiger charge is -2.04. The van der Waals surface area contributed by atoms with Gasteiger partial charge in [0.25, 0.3) is 5.91 Å². The summed E-state index contributed by atoms with van der Waals surface area (Å²) >= 11 is 0. The second-order valence-corrected chi connectivity index (χ2v) is 5.05. The predicted molar refractivity (Wildman–Crippen MR) is 81.3 cm³/mol. The highest BCUT2D eigenvalue weighted by Gasteiger charge is 2.12. The number of rotatable bonds is 6. The van der Waals surface area contributed by atoms with E-state index in [0.29, 0.717) is 18.1 Å². The maximum absolute atomic E-state index is 12.1. The first-order valence-corrected chi connectivity index (χ1v) is 7.33. The van der Waals surface area contributed by atoms with Crippen molar-refractivity contribution in [2.75, 3.05) is 0 Å². The van der Waals surface area contributed by atoms with Gasteiger partial charge in [-0.05, 0) is 23.3 Å². The number of hydrogen-bond donors (Lipinski definition) is 2. The Balaban J connectivity index is 1.63. The largest absolute Gasteiger partial charge is 0.361 e. The monoisotopic (exact) mass is 312 g/mol. The van der Waals surface area contributed by atoms with E-state index in [0.717, 1.165) is 29.7 Å². The number of nitrogens with zero attached hydrogens (tertiary/aromatic N) is 4. The molecule has 8 heteroatoms. The van der Waals surface area contributed by atoms with E-state index in [9.17, 15) is 4.79 Å². The van der Waals surface area contributed by atoms with Crippen molar-refractivity contribution in [3.8, 4) is 11.4 Å². The van der Waals surface area contributed by atoms with Crippen LogP contribution in [0.15, 0.2) is 34.9 Å². The van der Waals surface area contributed by atoms with Crippen molar-refractivity contribution in [2.24, 2.45) is 0 Å². The molecule has 0 atom stereocenters. The molecule has 0 aliphatic rings. The Morgan fingerprint density at radius 1 is 1.35 bits per heavy atom. The highest BCUT2D eigenvalue weighted by atomic mass is 16.5. The Labute approximate surface area is 132 Å². The molecule has 0 aliphatic heterocycles. The van der Waals surface area contributed by atoms with Crippen LogP contribution in [0.5, 0.6) is 0 Å². The van der Waals surface area contributed by atoms with E-state index in [2.05, 4.69) is 31.1 Å². The number of amides is 1. The number of H-pyrrole nitrogens is 1. The molecule has 3 rings (SSSR count). The van der Waals surface area contributed by atoms with Crippen LogP contribution in [0.3, 0.4) is 0 Å². The standard InChI is InChI=1S/C15H16N6O2/c1-2-4-12-8-13(19-23-12)15(22)16-9-10-5-3-6-11(7-10)14-17-20-21-18-14/h3,5-8H,2,4,9H2,1H3,(H,16,22)(H,17,18,20,21). The fourth-order valence-corrected chi connectivity index (χ4v) is 2.16. The quantitative estimate of drug-likeness (QED) is 0.717. The Morgan fingerprint density at radius 2 is 2.26 bits per heavy atom. The average molecular weight is 312 g/mol. The zero-order valence-corrected chi connectivity index (χ0v) is 12.6. The Hall–Kier alpha value is -3.03. The number of carbonyl (C=O) groups excluding carboxylic acids is 1. The minimum atomic E-state index is -0.263. The van der Waals surface area contributed by atoms with Crippen LogP contribution in [0.1, 0.15) is 35.2 Å². The lowest BCUT2D eigenvalue weighted by Crippen LogP contribution is -2.23. The van der Waals surface area contributed by atoms with Gasteiger partial charge in [-0.25, -0.2) is 0 Å². The lowest BCUT2D eigenvalue weighted by atomic mass is 10.1. The fraction of sp³-hybridized carbons (Fsp3) is 0.267. The minimum Gasteiger partial charge on any atom is -0.361 e. The molecule has 118 valence electrons. The molecule has 2 N–H and O–H groups in total. The number of tetrazole rings is 1. The van der Waals surface area contributed by atoms with Crippen molar-refractivity contribution < 1.29 is 9.32 Å². The molecular formula is C15H16N6O2. The molecule has 0 aliphatic carbocycles. The second-order valence-electron chi connectivity index (χ2n) is 5.05. The zero-order valence-electron chi connectivity index (χ0n) is 12.6. The van der Waals surface area contributed by atoms with E-state index in [1.165, 1.54) is 0 Å². The number of aryl methyl sites for hydroxylation is 1. The van der Waals surface area contributed by atoms with Gasteiger partial charge in [0.05, 0.1) is 0 Å². The van der Waals surface area contributed by atoms with Gasteiger partial charge in [0, 0.05) is 24.6 Å². The number of hydrogen-bond acceptors (Lipinski definition) is 6. The Kier molecular flexibility index (Phi) is 4.41. The molecule has 2 aromatic heterocycles. The molecular weight excluding hydrogens is 296 g/mol. The van der Waals surface area contributed by atoms with Gasteiger partial charge >= 0.3 is 0 Å². The molecule has 1 amide bonds. The third kappa shape index (κ3) is 3.60. The highest BCUT2D eigenvalue weighted by molar-refractivity contribution is 5.92. The highest BCUT2D eigenvalue weighted by Crippen LogP contribution is 2.15. The second kappa shape index (κ2) is 6.82. The van der Waals surface area contributed by atoms with Crippen LogP contribution in [0.4, 0.5) is 0 Å². The van der Waals surface area contributed by atoms with Crippen molar-refractivity contribution >= 4 is 5.91 Å². The first kappa shape index (κ1) is 14.9.